The maximum absolute atomic E-state index is 14.3. The van der Waals surface area contributed by atoms with Gasteiger partial charge in [-0.3, -0.25) is 4.79 Å². The fourth-order valence-corrected chi connectivity index (χ4v) is 4.71. The number of nitrogens with one attached hydrogen (secondary N) is 1. The third kappa shape index (κ3) is 5.53. The summed E-state index contributed by atoms with van der Waals surface area (Å²) in [6.45, 7) is 2.89. The van der Waals surface area contributed by atoms with Crippen LogP contribution in [-0.2, 0) is 19.6 Å². The van der Waals surface area contributed by atoms with E-state index in [-0.39, 0.29) is 29.4 Å². The number of carbonyl (C=O) groups is 2. The Morgan fingerprint density at radius 1 is 1.17 bits per heavy atom. The van der Waals surface area contributed by atoms with E-state index in [1.807, 2.05) is 6.07 Å². The number of sulfonamides is 1. The van der Waals surface area contributed by atoms with Crippen LogP contribution in [0.2, 0.25) is 0 Å². The van der Waals surface area contributed by atoms with Crippen molar-refractivity contribution < 1.29 is 27.1 Å². The molecule has 1 heterocycles. The average molecular weight is 500 g/mol. The number of halogens is 1. The molecule has 0 unspecified atom stereocenters. The molecular weight excluding hydrogens is 477 g/mol. The first kappa shape index (κ1) is 25.5. The van der Waals surface area contributed by atoms with Crippen molar-refractivity contribution in [3.63, 3.8) is 0 Å². The molecule has 2 aromatic carbocycles. The van der Waals surface area contributed by atoms with Crippen molar-refractivity contribution in [1.29, 1.82) is 5.26 Å². The first-order valence-corrected chi connectivity index (χ1v) is 12.0. The van der Waals surface area contributed by atoms with Gasteiger partial charge in [0.05, 0.1) is 22.3 Å². The van der Waals surface area contributed by atoms with Gasteiger partial charge in [0.1, 0.15) is 17.4 Å². The van der Waals surface area contributed by atoms with Crippen LogP contribution in [-0.4, -0.2) is 54.1 Å². The van der Waals surface area contributed by atoms with Crippen molar-refractivity contribution in [3.05, 3.63) is 71.7 Å². The Morgan fingerprint density at radius 2 is 1.86 bits per heavy atom. The van der Waals surface area contributed by atoms with Gasteiger partial charge >= 0.3 is 5.97 Å². The van der Waals surface area contributed by atoms with Gasteiger partial charge in [-0.2, -0.15) is 14.7 Å². The van der Waals surface area contributed by atoms with Gasteiger partial charge in [0, 0.05) is 13.1 Å². The molecular formula is C23H22FN5O5S. The number of hydrogen-bond acceptors (Lipinski definition) is 7. The van der Waals surface area contributed by atoms with Crippen LogP contribution in [0.25, 0.3) is 5.69 Å². The molecule has 35 heavy (non-hydrogen) atoms. The second kappa shape index (κ2) is 10.9. The zero-order valence-electron chi connectivity index (χ0n) is 18.9. The molecule has 3 rings (SSSR count). The van der Waals surface area contributed by atoms with Crippen LogP contribution < -0.4 is 5.32 Å². The number of nitrogens with zero attached hydrogens (tertiary/aromatic N) is 4. The molecule has 0 saturated carbocycles. The predicted octanol–water partition coefficient (Wildman–Crippen LogP) is 2.71. The van der Waals surface area contributed by atoms with Crippen LogP contribution in [0.5, 0.6) is 0 Å². The second-order valence-corrected chi connectivity index (χ2v) is 9.06. The Kier molecular flexibility index (Phi) is 7.95. The van der Waals surface area contributed by atoms with Gasteiger partial charge in [0.2, 0.25) is 10.0 Å². The smallest absolute Gasteiger partial charge is 0.341 e. The van der Waals surface area contributed by atoms with E-state index in [1.165, 1.54) is 10.9 Å². The number of rotatable bonds is 9. The van der Waals surface area contributed by atoms with Gasteiger partial charge in [0.15, 0.2) is 12.4 Å². The summed E-state index contributed by atoms with van der Waals surface area (Å²) in [6.07, 6.45) is 1.27. The summed E-state index contributed by atoms with van der Waals surface area (Å²) >= 11 is 0. The molecule has 1 amide bonds. The summed E-state index contributed by atoms with van der Waals surface area (Å²) in [4.78, 5) is 24.6. The monoisotopic (exact) mass is 499 g/mol. The van der Waals surface area contributed by atoms with Gasteiger partial charge in [-0.15, -0.1) is 0 Å². The molecule has 0 atom stereocenters. The van der Waals surface area contributed by atoms with Crippen LogP contribution in [0, 0.1) is 17.1 Å². The largest absolute Gasteiger partial charge is 0.452 e. The Bertz CT molecular complexity index is 1380. The van der Waals surface area contributed by atoms with E-state index in [0.29, 0.717) is 5.69 Å². The number of benzene rings is 2. The van der Waals surface area contributed by atoms with Gasteiger partial charge in [-0.1, -0.05) is 32.0 Å². The molecule has 0 aliphatic carbocycles. The van der Waals surface area contributed by atoms with Crippen molar-refractivity contribution in [3.8, 4) is 11.8 Å². The number of carbonyl (C=O) groups excluding carboxylic acids is 2. The molecule has 3 aromatic rings. The van der Waals surface area contributed by atoms with Crippen LogP contribution in [0.15, 0.2) is 59.6 Å². The summed E-state index contributed by atoms with van der Waals surface area (Å²) in [5, 5.41) is 15.9. The molecule has 0 aliphatic rings. The standard InChI is InChI=1S/C23H22FN5O5S/c1-3-28(4-2)35(32,33)18-10-11-20(24)19(12-18)23(31)34-15-21(30)27-22-16(13-25)14-26-29(22)17-8-6-5-7-9-17/h5-12,14H,3-4,15H2,1-2H3,(H,27,30). The predicted molar refractivity (Wildman–Crippen MR) is 124 cm³/mol. The quantitative estimate of drug-likeness (QED) is 0.447. The summed E-state index contributed by atoms with van der Waals surface area (Å²) < 4.78 is 47.1. The SMILES string of the molecule is CCN(CC)S(=O)(=O)c1ccc(F)c(C(=O)OCC(=O)Nc2c(C#N)cnn2-c2ccccc2)c1. The van der Waals surface area contributed by atoms with Crippen molar-refractivity contribution in [2.24, 2.45) is 0 Å². The lowest BCUT2D eigenvalue weighted by molar-refractivity contribution is -0.119. The lowest BCUT2D eigenvalue weighted by Crippen LogP contribution is -2.31. The highest BCUT2D eigenvalue weighted by Crippen LogP contribution is 2.21. The number of para-hydroxylation sites is 1. The molecule has 182 valence electrons. The molecule has 0 bridgehead atoms. The molecule has 0 radical (unpaired) electrons. The number of amides is 1. The average Bonchev–Trinajstić information content (AvgIpc) is 3.26. The first-order valence-electron chi connectivity index (χ1n) is 10.5. The molecule has 0 aliphatic heterocycles. The van der Waals surface area contributed by atoms with E-state index in [4.69, 9.17) is 4.74 Å². The van der Waals surface area contributed by atoms with E-state index in [2.05, 4.69) is 10.4 Å². The fourth-order valence-electron chi connectivity index (χ4n) is 3.23. The topological polar surface area (TPSA) is 134 Å². The van der Waals surface area contributed by atoms with Crippen molar-refractivity contribution >= 4 is 27.7 Å². The lowest BCUT2D eigenvalue weighted by atomic mass is 10.2. The number of anilines is 1. The highest BCUT2D eigenvalue weighted by molar-refractivity contribution is 7.89. The molecule has 1 N–H and O–H groups in total. The van der Waals surface area contributed by atoms with E-state index in [0.717, 1.165) is 22.5 Å². The zero-order chi connectivity index (χ0) is 25.6. The van der Waals surface area contributed by atoms with Crippen molar-refractivity contribution in [2.75, 3.05) is 25.0 Å². The molecule has 0 fully saturated rings. The minimum Gasteiger partial charge on any atom is -0.452 e. The highest BCUT2D eigenvalue weighted by atomic mass is 32.2. The summed E-state index contributed by atoms with van der Waals surface area (Å²) in [5.74, 6) is -2.95. The minimum absolute atomic E-state index is 0.0678. The van der Waals surface area contributed by atoms with Crippen molar-refractivity contribution in [1.82, 2.24) is 14.1 Å². The maximum Gasteiger partial charge on any atom is 0.341 e. The first-order chi connectivity index (χ1) is 16.7. The number of nitriles is 1. The van der Waals surface area contributed by atoms with Gasteiger partial charge in [-0.25, -0.2) is 22.3 Å². The number of esters is 1. The second-order valence-electron chi connectivity index (χ2n) is 7.12. The lowest BCUT2D eigenvalue weighted by Gasteiger charge is -2.18. The van der Waals surface area contributed by atoms with Gasteiger partial charge in [0.25, 0.3) is 5.91 Å². The van der Waals surface area contributed by atoms with E-state index >= 15 is 0 Å². The molecule has 1 aromatic heterocycles. The van der Waals surface area contributed by atoms with E-state index < -0.39 is 39.9 Å². The summed E-state index contributed by atoms with van der Waals surface area (Å²) in [6, 6.07) is 13.4. The molecule has 12 heteroatoms. The molecule has 0 spiro atoms. The molecule has 0 saturated heterocycles. The van der Waals surface area contributed by atoms with Crippen molar-refractivity contribution in [2.45, 2.75) is 18.7 Å². The third-order valence-electron chi connectivity index (χ3n) is 4.98. The third-order valence-corrected chi connectivity index (χ3v) is 7.03. The Labute approximate surface area is 201 Å². The van der Waals surface area contributed by atoms with Crippen LogP contribution >= 0.6 is 0 Å². The number of ether oxygens (including phenoxy) is 1. The van der Waals surface area contributed by atoms with E-state index in [1.54, 1.807) is 44.2 Å². The molecule has 10 nitrogen and oxygen atoms in total. The van der Waals surface area contributed by atoms with Gasteiger partial charge < -0.3 is 10.1 Å². The Balaban J connectivity index is 1.75. The Hall–Kier alpha value is -4.08. The number of hydrogen-bond donors (Lipinski definition) is 1. The summed E-state index contributed by atoms with van der Waals surface area (Å²) in [5.41, 5.74) is 0.0292. The minimum atomic E-state index is -3.94. The van der Waals surface area contributed by atoms with E-state index in [9.17, 15) is 27.7 Å². The fraction of sp³-hybridized carbons (Fsp3) is 0.217. The summed E-state index contributed by atoms with van der Waals surface area (Å²) in [7, 11) is -3.94. The normalized spacial score (nSPS) is 11.2. The van der Waals surface area contributed by atoms with Crippen LogP contribution in [0.3, 0.4) is 0 Å². The Morgan fingerprint density at radius 3 is 2.49 bits per heavy atom. The van der Waals surface area contributed by atoms with Crippen LogP contribution in [0.1, 0.15) is 29.8 Å². The maximum atomic E-state index is 14.3. The zero-order valence-corrected chi connectivity index (χ0v) is 19.8. The van der Waals surface area contributed by atoms with Crippen LogP contribution in [0.4, 0.5) is 10.2 Å². The number of aromatic nitrogens is 2. The highest BCUT2D eigenvalue weighted by Gasteiger charge is 2.25. The van der Waals surface area contributed by atoms with Gasteiger partial charge in [-0.05, 0) is 30.3 Å².